The summed E-state index contributed by atoms with van der Waals surface area (Å²) in [6.45, 7) is 4.17. The Hall–Kier alpha value is -4.13. The highest BCUT2D eigenvalue weighted by molar-refractivity contribution is 5.94. The smallest absolute Gasteiger partial charge is 0.251 e. The van der Waals surface area contributed by atoms with Crippen molar-refractivity contribution in [3.8, 4) is 34.1 Å². The van der Waals surface area contributed by atoms with Gasteiger partial charge >= 0.3 is 0 Å². The molecule has 7 nitrogen and oxygen atoms in total. The van der Waals surface area contributed by atoms with Crippen molar-refractivity contribution in [3.63, 3.8) is 0 Å². The van der Waals surface area contributed by atoms with Crippen LogP contribution < -0.4 is 14.8 Å². The predicted octanol–water partition coefficient (Wildman–Crippen LogP) is 4.97. The number of rotatable bonds is 7. The highest BCUT2D eigenvalue weighted by Gasteiger charge is 2.11. The van der Waals surface area contributed by atoms with E-state index in [0.29, 0.717) is 35.4 Å². The van der Waals surface area contributed by atoms with E-state index in [2.05, 4.69) is 15.5 Å². The number of nitrogens with zero attached hydrogens (tertiary/aromatic N) is 2. The van der Waals surface area contributed by atoms with Crippen molar-refractivity contribution < 1.29 is 18.7 Å². The molecule has 4 rings (SSSR count). The second kappa shape index (κ2) is 9.56. The van der Waals surface area contributed by atoms with Gasteiger partial charge in [0, 0.05) is 30.7 Å². The van der Waals surface area contributed by atoms with Gasteiger partial charge in [-0.05, 0) is 65.6 Å². The van der Waals surface area contributed by atoms with Gasteiger partial charge in [-0.15, -0.1) is 10.2 Å². The molecule has 0 aliphatic rings. The first-order valence-electron chi connectivity index (χ1n) is 10.5. The maximum absolute atomic E-state index is 12.7. The van der Waals surface area contributed by atoms with Gasteiger partial charge in [-0.3, -0.25) is 4.79 Å². The summed E-state index contributed by atoms with van der Waals surface area (Å²) in [5.41, 5.74) is 5.47. The van der Waals surface area contributed by atoms with Crippen LogP contribution in [0.4, 0.5) is 0 Å². The van der Waals surface area contributed by atoms with Gasteiger partial charge in [0.2, 0.25) is 11.8 Å². The topological polar surface area (TPSA) is 86.5 Å². The van der Waals surface area contributed by atoms with Crippen LogP contribution in [0.15, 0.2) is 65.1 Å². The predicted molar refractivity (Wildman–Crippen MR) is 125 cm³/mol. The monoisotopic (exact) mass is 443 g/mol. The number of aryl methyl sites for hydroxylation is 2. The van der Waals surface area contributed by atoms with Crippen molar-refractivity contribution in [2.24, 2.45) is 0 Å². The first kappa shape index (κ1) is 22.1. The van der Waals surface area contributed by atoms with Crippen LogP contribution in [0.1, 0.15) is 27.4 Å². The number of aromatic nitrogens is 2. The summed E-state index contributed by atoms with van der Waals surface area (Å²) in [4.78, 5) is 12.7. The summed E-state index contributed by atoms with van der Waals surface area (Å²) in [6, 6.07) is 19.0. The fraction of sp³-hybridized carbons (Fsp3) is 0.192. The maximum atomic E-state index is 12.7. The molecule has 0 aliphatic heterocycles. The summed E-state index contributed by atoms with van der Waals surface area (Å²) in [5.74, 6) is 2.21. The molecule has 0 saturated carbocycles. The summed E-state index contributed by atoms with van der Waals surface area (Å²) >= 11 is 0. The highest BCUT2D eigenvalue weighted by Crippen LogP contribution is 2.29. The first-order valence-corrected chi connectivity index (χ1v) is 10.5. The quantitative estimate of drug-likeness (QED) is 0.434. The molecule has 0 aliphatic carbocycles. The number of ether oxygens (including phenoxy) is 2. The largest absolute Gasteiger partial charge is 0.497 e. The molecule has 1 heterocycles. The van der Waals surface area contributed by atoms with Crippen molar-refractivity contribution in [3.05, 3.63) is 83.2 Å². The minimum absolute atomic E-state index is 0.157. The fourth-order valence-electron chi connectivity index (χ4n) is 3.53. The van der Waals surface area contributed by atoms with Crippen molar-refractivity contribution in [1.29, 1.82) is 0 Å². The molecule has 1 amide bonds. The molecular formula is C26H25N3O4. The Bertz CT molecular complexity index is 1260. The first-order chi connectivity index (χ1) is 16.0. The number of carbonyl (C=O) groups is 1. The third kappa shape index (κ3) is 5.03. The summed E-state index contributed by atoms with van der Waals surface area (Å²) in [6.07, 6.45) is 0. The van der Waals surface area contributed by atoms with Gasteiger partial charge in [-0.1, -0.05) is 18.2 Å². The van der Waals surface area contributed by atoms with Gasteiger partial charge in [0.15, 0.2) is 0 Å². The SMILES string of the molecule is COc1cc(CNC(=O)c2ccc(-c3cc(-c4nnc(C)o4)ccc3C)cc2)cc(OC)c1. The van der Waals surface area contributed by atoms with E-state index in [-0.39, 0.29) is 5.91 Å². The third-order valence-corrected chi connectivity index (χ3v) is 5.33. The van der Waals surface area contributed by atoms with Crippen LogP contribution in [0, 0.1) is 13.8 Å². The minimum atomic E-state index is -0.157. The maximum Gasteiger partial charge on any atom is 0.251 e. The molecule has 0 unspecified atom stereocenters. The van der Waals surface area contributed by atoms with Crippen molar-refractivity contribution in [2.75, 3.05) is 14.2 Å². The van der Waals surface area contributed by atoms with Gasteiger partial charge in [0.1, 0.15) is 11.5 Å². The van der Waals surface area contributed by atoms with E-state index in [1.54, 1.807) is 27.2 Å². The van der Waals surface area contributed by atoms with E-state index < -0.39 is 0 Å². The van der Waals surface area contributed by atoms with Crippen LogP contribution in [0.5, 0.6) is 11.5 Å². The number of carbonyl (C=O) groups excluding carboxylic acids is 1. The summed E-state index contributed by atoms with van der Waals surface area (Å²) < 4.78 is 16.1. The fourth-order valence-corrected chi connectivity index (χ4v) is 3.53. The summed E-state index contributed by atoms with van der Waals surface area (Å²) in [7, 11) is 3.19. The molecule has 0 spiro atoms. The van der Waals surface area contributed by atoms with Crippen molar-refractivity contribution in [2.45, 2.75) is 20.4 Å². The van der Waals surface area contributed by atoms with Crippen LogP contribution in [-0.2, 0) is 6.54 Å². The van der Waals surface area contributed by atoms with Gasteiger partial charge in [0.05, 0.1) is 14.2 Å². The van der Waals surface area contributed by atoms with E-state index in [0.717, 1.165) is 27.8 Å². The standard InChI is InChI=1S/C26H25N3O4/c1-16-5-6-21(26-29-28-17(2)33-26)13-24(16)19-7-9-20(10-8-19)25(30)27-15-18-11-22(31-3)14-23(12-18)32-4/h5-14H,15H2,1-4H3,(H,27,30). The molecule has 3 aromatic carbocycles. The van der Waals surface area contributed by atoms with E-state index in [1.165, 1.54) is 0 Å². The lowest BCUT2D eigenvalue weighted by Gasteiger charge is -2.11. The van der Waals surface area contributed by atoms with Gasteiger partial charge in [-0.25, -0.2) is 0 Å². The molecule has 168 valence electrons. The van der Waals surface area contributed by atoms with E-state index in [4.69, 9.17) is 13.9 Å². The average molecular weight is 444 g/mol. The molecule has 0 radical (unpaired) electrons. The normalized spacial score (nSPS) is 10.7. The van der Waals surface area contributed by atoms with Gasteiger partial charge in [-0.2, -0.15) is 0 Å². The zero-order valence-electron chi connectivity index (χ0n) is 19.0. The van der Waals surface area contributed by atoms with Crippen LogP contribution in [0.25, 0.3) is 22.6 Å². The van der Waals surface area contributed by atoms with Gasteiger partial charge in [0.25, 0.3) is 5.91 Å². The molecule has 1 aromatic heterocycles. The van der Waals surface area contributed by atoms with Crippen molar-refractivity contribution >= 4 is 5.91 Å². The lowest BCUT2D eigenvalue weighted by atomic mass is 9.97. The van der Waals surface area contributed by atoms with E-state index >= 15 is 0 Å². The number of nitrogens with one attached hydrogen (secondary N) is 1. The molecule has 0 bridgehead atoms. The Morgan fingerprint density at radius 1 is 0.879 bits per heavy atom. The third-order valence-electron chi connectivity index (χ3n) is 5.33. The molecule has 7 heteroatoms. The number of amides is 1. The Balaban J connectivity index is 1.49. The average Bonchev–Trinajstić information content (AvgIpc) is 3.28. The molecule has 1 N–H and O–H groups in total. The Kier molecular flexibility index (Phi) is 6.40. The molecule has 0 atom stereocenters. The lowest BCUT2D eigenvalue weighted by Crippen LogP contribution is -2.22. The lowest BCUT2D eigenvalue weighted by molar-refractivity contribution is 0.0951. The number of hydrogen-bond donors (Lipinski definition) is 1. The summed E-state index contributed by atoms with van der Waals surface area (Å²) in [5, 5.41) is 10.9. The zero-order valence-corrected chi connectivity index (χ0v) is 19.0. The second-order valence-corrected chi connectivity index (χ2v) is 7.64. The van der Waals surface area contributed by atoms with E-state index in [1.807, 2.05) is 61.5 Å². The molecule has 0 saturated heterocycles. The van der Waals surface area contributed by atoms with Crippen LogP contribution in [0.2, 0.25) is 0 Å². The Labute approximate surface area is 192 Å². The number of methoxy groups -OCH3 is 2. The minimum Gasteiger partial charge on any atom is -0.497 e. The molecular weight excluding hydrogens is 418 g/mol. The Morgan fingerprint density at radius 2 is 1.55 bits per heavy atom. The number of hydrogen-bond acceptors (Lipinski definition) is 6. The van der Waals surface area contributed by atoms with Crippen LogP contribution >= 0.6 is 0 Å². The van der Waals surface area contributed by atoms with Crippen LogP contribution in [0.3, 0.4) is 0 Å². The molecule has 33 heavy (non-hydrogen) atoms. The van der Waals surface area contributed by atoms with Crippen molar-refractivity contribution in [1.82, 2.24) is 15.5 Å². The Morgan fingerprint density at radius 3 is 2.15 bits per heavy atom. The highest BCUT2D eigenvalue weighted by atomic mass is 16.5. The van der Waals surface area contributed by atoms with E-state index in [9.17, 15) is 4.79 Å². The zero-order chi connectivity index (χ0) is 23.4. The second-order valence-electron chi connectivity index (χ2n) is 7.64. The molecule has 4 aromatic rings. The van der Waals surface area contributed by atoms with Gasteiger partial charge < -0.3 is 19.2 Å². The van der Waals surface area contributed by atoms with Crippen LogP contribution in [-0.4, -0.2) is 30.3 Å². The molecule has 0 fully saturated rings. The number of benzene rings is 3.